The van der Waals surface area contributed by atoms with E-state index in [1.807, 2.05) is 46.3 Å². The average Bonchev–Trinajstić information content (AvgIpc) is 3.25. The maximum atomic E-state index is 11.7. The number of carbonyl (C=O) groups excluding carboxylic acids is 1. The highest BCUT2D eigenvalue weighted by molar-refractivity contribution is 8.00. The van der Waals surface area contributed by atoms with Crippen molar-refractivity contribution in [3.63, 3.8) is 0 Å². The smallest absolute Gasteiger partial charge is 0.318 e. The van der Waals surface area contributed by atoms with Crippen LogP contribution in [0.2, 0.25) is 0 Å². The number of thiophene rings is 1. The number of rotatable bonds is 6. The van der Waals surface area contributed by atoms with Crippen LogP contribution in [0.1, 0.15) is 17.6 Å². The Morgan fingerprint density at radius 2 is 2.04 bits per heavy atom. The Labute approximate surface area is 148 Å². The average molecular weight is 359 g/mol. The van der Waals surface area contributed by atoms with Crippen LogP contribution in [-0.4, -0.2) is 33.1 Å². The van der Waals surface area contributed by atoms with Gasteiger partial charge in [-0.1, -0.05) is 36.0 Å². The first-order valence-electron chi connectivity index (χ1n) is 7.45. The molecule has 3 rings (SSSR count). The number of aromatic nitrogens is 3. The molecule has 24 heavy (non-hydrogen) atoms. The van der Waals surface area contributed by atoms with Crippen LogP contribution < -0.4 is 0 Å². The van der Waals surface area contributed by atoms with Crippen molar-refractivity contribution in [3.05, 3.63) is 58.5 Å². The molecule has 0 aliphatic heterocycles. The van der Waals surface area contributed by atoms with Crippen LogP contribution in [0, 0.1) is 0 Å². The van der Waals surface area contributed by atoms with E-state index in [-0.39, 0.29) is 11.2 Å². The number of para-hydroxylation sites is 1. The number of hydrogen-bond acceptors (Lipinski definition) is 6. The number of methoxy groups -OCH3 is 1. The molecule has 0 aliphatic carbocycles. The number of carbonyl (C=O) groups is 1. The maximum absolute atomic E-state index is 11.7. The molecule has 0 fully saturated rings. The van der Waals surface area contributed by atoms with E-state index in [4.69, 9.17) is 4.74 Å². The minimum atomic E-state index is -0.351. The van der Waals surface area contributed by atoms with Crippen LogP contribution in [-0.2, 0) is 16.0 Å². The lowest BCUT2D eigenvalue weighted by molar-refractivity contribution is -0.139. The van der Waals surface area contributed by atoms with Crippen molar-refractivity contribution >= 4 is 29.1 Å². The van der Waals surface area contributed by atoms with Gasteiger partial charge in [0.2, 0.25) is 0 Å². The first kappa shape index (κ1) is 16.7. The Kier molecular flexibility index (Phi) is 5.32. The second-order valence-corrected chi connectivity index (χ2v) is 7.45. The van der Waals surface area contributed by atoms with E-state index < -0.39 is 0 Å². The predicted molar refractivity (Wildman–Crippen MR) is 95.8 cm³/mol. The van der Waals surface area contributed by atoms with Crippen molar-refractivity contribution in [2.24, 2.45) is 0 Å². The van der Waals surface area contributed by atoms with Crippen LogP contribution in [0.25, 0.3) is 5.69 Å². The maximum Gasteiger partial charge on any atom is 0.318 e. The number of ether oxygens (including phenoxy) is 1. The van der Waals surface area contributed by atoms with E-state index in [0.29, 0.717) is 11.6 Å². The third-order valence-electron chi connectivity index (χ3n) is 3.44. The normalized spacial score (nSPS) is 12.1. The second kappa shape index (κ2) is 7.63. The number of nitrogens with zero attached hydrogens (tertiary/aromatic N) is 3. The summed E-state index contributed by atoms with van der Waals surface area (Å²) in [5.41, 5.74) is 0.980. The van der Waals surface area contributed by atoms with Gasteiger partial charge in [0.15, 0.2) is 5.16 Å². The lowest BCUT2D eigenvalue weighted by Gasteiger charge is -2.12. The molecule has 2 aromatic heterocycles. The fourth-order valence-electron chi connectivity index (χ4n) is 2.27. The molecule has 0 radical (unpaired) electrons. The Hall–Kier alpha value is -2.12. The van der Waals surface area contributed by atoms with Gasteiger partial charge in [-0.3, -0.25) is 9.36 Å². The first-order chi connectivity index (χ1) is 11.7. The lowest BCUT2D eigenvalue weighted by Crippen LogP contribution is -2.15. The third kappa shape index (κ3) is 3.68. The standard InChI is InChI=1S/C17H17N3O2S2/c1-12(16(21)22-2)24-17-19-18-15(11-14-9-6-10-23-14)20(17)13-7-4-3-5-8-13/h3-10,12H,11H2,1-2H3/t12-/m0/s1. The first-order valence-corrected chi connectivity index (χ1v) is 9.21. The van der Waals surface area contributed by atoms with Gasteiger partial charge in [-0.15, -0.1) is 21.5 Å². The Bertz CT molecular complexity index is 801. The zero-order chi connectivity index (χ0) is 16.9. The van der Waals surface area contributed by atoms with Gasteiger partial charge in [0.05, 0.1) is 7.11 Å². The quantitative estimate of drug-likeness (QED) is 0.497. The van der Waals surface area contributed by atoms with Crippen molar-refractivity contribution in [1.29, 1.82) is 0 Å². The molecule has 3 aromatic rings. The van der Waals surface area contributed by atoms with Crippen LogP contribution in [0.15, 0.2) is 53.0 Å². The topological polar surface area (TPSA) is 57.0 Å². The molecule has 0 amide bonds. The number of benzene rings is 1. The third-order valence-corrected chi connectivity index (χ3v) is 5.34. The van der Waals surface area contributed by atoms with E-state index in [0.717, 1.165) is 11.5 Å². The van der Waals surface area contributed by atoms with Gasteiger partial charge >= 0.3 is 5.97 Å². The molecule has 1 atom stereocenters. The summed E-state index contributed by atoms with van der Waals surface area (Å²) < 4.78 is 6.81. The molecule has 1 aromatic carbocycles. The van der Waals surface area contributed by atoms with Gasteiger partial charge in [0, 0.05) is 17.0 Å². The van der Waals surface area contributed by atoms with Gasteiger partial charge in [-0.25, -0.2) is 0 Å². The molecule has 7 heteroatoms. The Balaban J connectivity index is 1.96. The molecule has 0 unspecified atom stereocenters. The van der Waals surface area contributed by atoms with Crippen molar-refractivity contribution < 1.29 is 9.53 Å². The zero-order valence-electron chi connectivity index (χ0n) is 13.4. The second-order valence-electron chi connectivity index (χ2n) is 5.11. The molecule has 0 bridgehead atoms. The van der Waals surface area contributed by atoms with Crippen LogP contribution in [0.3, 0.4) is 0 Å². The number of esters is 1. The monoisotopic (exact) mass is 359 g/mol. The van der Waals surface area contributed by atoms with Crippen LogP contribution in [0.5, 0.6) is 0 Å². The summed E-state index contributed by atoms with van der Waals surface area (Å²) in [4.78, 5) is 12.9. The molecule has 2 heterocycles. The summed E-state index contributed by atoms with van der Waals surface area (Å²) in [5.74, 6) is 0.575. The highest BCUT2D eigenvalue weighted by atomic mass is 32.2. The number of thioether (sulfide) groups is 1. The molecule has 0 aliphatic rings. The molecule has 124 valence electrons. The minimum Gasteiger partial charge on any atom is -0.468 e. The predicted octanol–water partition coefficient (Wildman–Crippen LogP) is 3.57. The molecule has 0 N–H and O–H groups in total. The van der Waals surface area contributed by atoms with Gasteiger partial charge < -0.3 is 4.74 Å². The van der Waals surface area contributed by atoms with E-state index in [2.05, 4.69) is 16.3 Å². The summed E-state index contributed by atoms with van der Waals surface area (Å²) in [6.07, 6.45) is 0.701. The highest BCUT2D eigenvalue weighted by Gasteiger charge is 2.21. The SMILES string of the molecule is COC(=O)[C@H](C)Sc1nnc(Cc2cccs2)n1-c1ccccc1. The van der Waals surface area contributed by atoms with Crippen LogP contribution >= 0.6 is 23.1 Å². The van der Waals surface area contributed by atoms with Gasteiger partial charge in [-0.2, -0.15) is 0 Å². The lowest BCUT2D eigenvalue weighted by atomic mass is 10.3. The fourth-order valence-corrected chi connectivity index (χ4v) is 3.88. The summed E-state index contributed by atoms with van der Waals surface area (Å²) in [6.45, 7) is 1.81. The van der Waals surface area contributed by atoms with Crippen molar-refractivity contribution in [2.75, 3.05) is 7.11 Å². The summed E-state index contributed by atoms with van der Waals surface area (Å²) in [7, 11) is 1.39. The van der Waals surface area contributed by atoms with Crippen LogP contribution in [0.4, 0.5) is 0 Å². The summed E-state index contributed by atoms with van der Waals surface area (Å²) in [5, 5.41) is 11.0. The largest absolute Gasteiger partial charge is 0.468 e. The van der Waals surface area contributed by atoms with Crippen molar-refractivity contribution in [1.82, 2.24) is 14.8 Å². The molecule has 5 nitrogen and oxygen atoms in total. The van der Waals surface area contributed by atoms with E-state index in [1.165, 1.54) is 23.7 Å². The molecule has 0 spiro atoms. The summed E-state index contributed by atoms with van der Waals surface area (Å²) >= 11 is 3.04. The van der Waals surface area contributed by atoms with Crippen molar-refractivity contribution in [2.45, 2.75) is 23.8 Å². The van der Waals surface area contributed by atoms with E-state index >= 15 is 0 Å². The molecule has 0 saturated carbocycles. The molecular weight excluding hydrogens is 342 g/mol. The van der Waals surface area contributed by atoms with Crippen molar-refractivity contribution in [3.8, 4) is 5.69 Å². The highest BCUT2D eigenvalue weighted by Crippen LogP contribution is 2.27. The van der Waals surface area contributed by atoms with Gasteiger partial charge in [0.25, 0.3) is 0 Å². The Morgan fingerprint density at radius 3 is 2.71 bits per heavy atom. The van der Waals surface area contributed by atoms with E-state index in [1.54, 1.807) is 18.3 Å². The Morgan fingerprint density at radius 1 is 1.25 bits per heavy atom. The van der Waals surface area contributed by atoms with Gasteiger partial charge in [0.1, 0.15) is 11.1 Å². The summed E-state index contributed by atoms with van der Waals surface area (Å²) in [6, 6.07) is 14.0. The molecule has 0 saturated heterocycles. The fraction of sp³-hybridized carbons (Fsp3) is 0.235. The zero-order valence-corrected chi connectivity index (χ0v) is 15.0. The molecular formula is C17H17N3O2S2. The number of hydrogen-bond donors (Lipinski definition) is 0. The van der Waals surface area contributed by atoms with E-state index in [9.17, 15) is 4.79 Å². The minimum absolute atomic E-state index is 0.276. The van der Waals surface area contributed by atoms with Gasteiger partial charge in [-0.05, 0) is 30.5 Å².